The summed E-state index contributed by atoms with van der Waals surface area (Å²) in [7, 11) is -4.79. The van der Waals surface area contributed by atoms with Crippen molar-refractivity contribution in [3.05, 3.63) is 43.0 Å². The van der Waals surface area contributed by atoms with Crippen LogP contribution in [0.2, 0.25) is 0 Å². The fourth-order valence-corrected chi connectivity index (χ4v) is 3.52. The summed E-state index contributed by atoms with van der Waals surface area (Å²) in [6.07, 6.45) is 0. The molecule has 0 saturated carbocycles. The summed E-state index contributed by atoms with van der Waals surface area (Å²) in [5, 5.41) is 11.6. The van der Waals surface area contributed by atoms with Crippen LogP contribution in [0.15, 0.2) is 21.7 Å². The number of rotatable bonds is 4. The number of hydrogen-bond acceptors (Lipinski definition) is 7. The van der Waals surface area contributed by atoms with Crippen molar-refractivity contribution in [1.29, 1.82) is 0 Å². The molecule has 146 valence electrons. The molecule has 1 atom stereocenters. The minimum absolute atomic E-state index is 0.0620. The summed E-state index contributed by atoms with van der Waals surface area (Å²) in [4.78, 5) is 58.0. The summed E-state index contributed by atoms with van der Waals surface area (Å²) in [6, 6.07) is 2.38. The van der Waals surface area contributed by atoms with Gasteiger partial charge in [0.05, 0.1) is 29.2 Å². The molecule has 12 nitrogen and oxygen atoms in total. The highest BCUT2D eigenvalue weighted by Crippen LogP contribution is 2.48. The van der Waals surface area contributed by atoms with E-state index in [-0.39, 0.29) is 22.4 Å². The van der Waals surface area contributed by atoms with Crippen LogP contribution in [0.4, 0.5) is 11.4 Å². The summed E-state index contributed by atoms with van der Waals surface area (Å²) < 4.78 is 17.5. The van der Waals surface area contributed by atoms with Crippen LogP contribution in [0.5, 0.6) is 0 Å². The number of aromatic nitrogens is 2. The van der Waals surface area contributed by atoms with Crippen molar-refractivity contribution < 1.29 is 24.0 Å². The lowest BCUT2D eigenvalue weighted by atomic mass is 10.2. The molecular weight excluding hydrogens is 383 g/mol. The number of fused-ring (bicyclic) bond motifs is 1. The van der Waals surface area contributed by atoms with Crippen molar-refractivity contribution in [1.82, 2.24) is 9.55 Å². The van der Waals surface area contributed by atoms with E-state index in [0.29, 0.717) is 30.9 Å². The van der Waals surface area contributed by atoms with E-state index in [1.54, 1.807) is 4.90 Å². The SMILES string of the molecule is CC(n1c(=O)c(=O)[nH]c2cc(N3CCOCC3)c([N+](=O)[O-])cc21)P(=O)(O)O. The van der Waals surface area contributed by atoms with Gasteiger partial charge in [0.1, 0.15) is 11.5 Å². The van der Waals surface area contributed by atoms with Crippen molar-refractivity contribution in [2.75, 3.05) is 31.2 Å². The van der Waals surface area contributed by atoms with Gasteiger partial charge in [0, 0.05) is 19.2 Å². The Hall–Kier alpha value is -2.53. The minimum atomic E-state index is -4.79. The number of nitro benzene ring substituents is 1. The van der Waals surface area contributed by atoms with Gasteiger partial charge in [-0.3, -0.25) is 28.8 Å². The quantitative estimate of drug-likeness (QED) is 0.279. The molecule has 27 heavy (non-hydrogen) atoms. The third-order valence-electron chi connectivity index (χ3n) is 4.42. The molecule has 3 N–H and O–H groups in total. The number of nitrogens with one attached hydrogen (secondary N) is 1. The van der Waals surface area contributed by atoms with Gasteiger partial charge in [-0.15, -0.1) is 0 Å². The molecule has 0 aliphatic carbocycles. The van der Waals surface area contributed by atoms with E-state index in [1.807, 2.05) is 0 Å². The van der Waals surface area contributed by atoms with Gasteiger partial charge in [-0.1, -0.05) is 0 Å². The first-order valence-electron chi connectivity index (χ1n) is 7.96. The second-order valence-electron chi connectivity index (χ2n) is 6.06. The average Bonchev–Trinajstić information content (AvgIpc) is 2.61. The lowest BCUT2D eigenvalue weighted by Crippen LogP contribution is -2.38. The van der Waals surface area contributed by atoms with Gasteiger partial charge in [-0.2, -0.15) is 0 Å². The Bertz CT molecular complexity index is 1070. The Kier molecular flexibility index (Phi) is 4.91. The van der Waals surface area contributed by atoms with Crippen LogP contribution in [-0.4, -0.2) is 50.6 Å². The number of morpholine rings is 1. The fourth-order valence-electron chi connectivity index (χ4n) is 2.98. The van der Waals surface area contributed by atoms with Gasteiger partial charge in [-0.05, 0) is 13.0 Å². The zero-order valence-corrected chi connectivity index (χ0v) is 15.1. The smallest absolute Gasteiger partial charge is 0.347 e. The first-order valence-corrected chi connectivity index (χ1v) is 9.64. The number of benzene rings is 1. The van der Waals surface area contributed by atoms with Crippen LogP contribution in [0, 0.1) is 10.1 Å². The molecule has 1 saturated heterocycles. The Morgan fingerprint density at radius 2 is 1.93 bits per heavy atom. The van der Waals surface area contributed by atoms with Gasteiger partial charge in [-0.25, -0.2) is 0 Å². The first kappa shape index (κ1) is 19.2. The van der Waals surface area contributed by atoms with Gasteiger partial charge in [0.2, 0.25) is 0 Å². The number of nitro groups is 1. The standard InChI is InChI=1S/C14H17N4O8P/c1-8(27(23,24)25)17-10-7-12(18(21)22)11(16-2-4-26-5-3-16)6-9(10)15-13(19)14(17)20/h6-8H,2-5H2,1H3,(H,15,19)(H2,23,24,25). The van der Waals surface area contributed by atoms with E-state index in [9.17, 15) is 34.1 Å². The molecule has 1 aliphatic heterocycles. The predicted molar refractivity (Wildman–Crippen MR) is 95.3 cm³/mol. The van der Waals surface area contributed by atoms with Crippen molar-refractivity contribution in [3.63, 3.8) is 0 Å². The van der Waals surface area contributed by atoms with E-state index in [1.165, 1.54) is 6.07 Å². The molecule has 3 rings (SSSR count). The van der Waals surface area contributed by atoms with E-state index < -0.39 is 29.4 Å². The average molecular weight is 400 g/mol. The topological polar surface area (TPSA) is 168 Å². The van der Waals surface area contributed by atoms with E-state index in [2.05, 4.69) is 4.98 Å². The van der Waals surface area contributed by atoms with Gasteiger partial charge in [0.15, 0.2) is 0 Å². The summed E-state index contributed by atoms with van der Waals surface area (Å²) in [5.74, 6) is -1.66. The number of H-pyrrole nitrogens is 1. The number of ether oxygens (including phenoxy) is 1. The van der Waals surface area contributed by atoms with Crippen LogP contribution in [0.1, 0.15) is 12.7 Å². The lowest BCUT2D eigenvalue weighted by Gasteiger charge is -2.28. The molecule has 1 fully saturated rings. The van der Waals surface area contributed by atoms with Crippen LogP contribution in [-0.2, 0) is 9.30 Å². The molecule has 2 aromatic rings. The van der Waals surface area contributed by atoms with E-state index in [0.717, 1.165) is 13.0 Å². The minimum Gasteiger partial charge on any atom is -0.378 e. The normalized spacial score (nSPS) is 16.5. The van der Waals surface area contributed by atoms with Crippen LogP contribution in [0.3, 0.4) is 0 Å². The molecule has 0 bridgehead atoms. The lowest BCUT2D eigenvalue weighted by molar-refractivity contribution is -0.384. The molecule has 2 heterocycles. The summed E-state index contributed by atoms with van der Waals surface area (Å²) in [6.45, 7) is 2.62. The van der Waals surface area contributed by atoms with E-state index in [4.69, 9.17) is 4.74 Å². The molecule has 0 spiro atoms. The predicted octanol–water partition coefficient (Wildman–Crippen LogP) is 0.131. The van der Waals surface area contributed by atoms with Gasteiger partial charge < -0.3 is 24.4 Å². The maximum absolute atomic E-state index is 12.2. The fraction of sp³-hybridized carbons (Fsp3) is 0.429. The highest BCUT2D eigenvalue weighted by Gasteiger charge is 2.31. The second kappa shape index (κ2) is 6.89. The highest BCUT2D eigenvalue weighted by molar-refractivity contribution is 7.51. The van der Waals surface area contributed by atoms with Crippen LogP contribution < -0.4 is 16.0 Å². The summed E-state index contributed by atoms with van der Waals surface area (Å²) in [5.41, 5.74) is -2.48. The van der Waals surface area contributed by atoms with Crippen molar-refractivity contribution in [3.8, 4) is 0 Å². The Morgan fingerprint density at radius 3 is 2.48 bits per heavy atom. The Morgan fingerprint density at radius 1 is 1.30 bits per heavy atom. The zero-order valence-electron chi connectivity index (χ0n) is 14.2. The van der Waals surface area contributed by atoms with Gasteiger partial charge in [0.25, 0.3) is 5.69 Å². The zero-order chi connectivity index (χ0) is 19.9. The molecule has 0 amide bonds. The number of nitrogens with zero attached hydrogens (tertiary/aromatic N) is 3. The molecule has 0 radical (unpaired) electrons. The highest BCUT2D eigenvalue weighted by atomic mass is 31.2. The van der Waals surface area contributed by atoms with Crippen LogP contribution >= 0.6 is 7.60 Å². The Balaban J connectivity index is 2.35. The maximum atomic E-state index is 12.2. The largest absolute Gasteiger partial charge is 0.378 e. The van der Waals surface area contributed by atoms with Crippen molar-refractivity contribution in [2.24, 2.45) is 0 Å². The van der Waals surface area contributed by atoms with Crippen molar-refractivity contribution >= 4 is 30.0 Å². The number of aromatic amines is 1. The third-order valence-corrected chi connectivity index (χ3v) is 5.63. The number of hydrogen-bond donors (Lipinski definition) is 3. The second-order valence-corrected chi connectivity index (χ2v) is 7.99. The third kappa shape index (κ3) is 3.52. The monoisotopic (exact) mass is 400 g/mol. The number of anilines is 1. The van der Waals surface area contributed by atoms with Crippen molar-refractivity contribution in [2.45, 2.75) is 12.7 Å². The molecule has 13 heteroatoms. The molecule has 1 aromatic carbocycles. The molecule has 1 unspecified atom stereocenters. The van der Waals surface area contributed by atoms with Gasteiger partial charge >= 0.3 is 18.7 Å². The molecule has 1 aliphatic rings. The Labute approximate surface area is 151 Å². The van der Waals surface area contributed by atoms with E-state index >= 15 is 0 Å². The van der Waals surface area contributed by atoms with Crippen LogP contribution in [0.25, 0.3) is 11.0 Å². The first-order chi connectivity index (χ1) is 12.6. The molecular formula is C14H17N4O8P. The summed E-state index contributed by atoms with van der Waals surface area (Å²) >= 11 is 0. The maximum Gasteiger partial charge on any atom is 0.347 e. The molecule has 1 aromatic heterocycles.